The zero-order valence-electron chi connectivity index (χ0n) is 13.6. The topological polar surface area (TPSA) is 72.6 Å². The molecule has 5 heteroatoms. The van der Waals surface area contributed by atoms with Gasteiger partial charge in [-0.25, -0.2) is 0 Å². The summed E-state index contributed by atoms with van der Waals surface area (Å²) in [5.41, 5.74) is 7.99. The number of rotatable bonds is 6. The molecule has 2 aromatic carbocycles. The summed E-state index contributed by atoms with van der Waals surface area (Å²) in [5.74, 6) is 0.423. The molecule has 2 N–H and O–H groups in total. The largest absolute Gasteiger partial charge is 0.497 e. The lowest BCUT2D eigenvalue weighted by molar-refractivity contribution is -0.118. The fraction of sp³-hybridized carbons (Fsp3) is 0.263. The molecule has 0 aliphatic carbocycles. The average Bonchev–Trinajstić information content (AvgIpc) is 2.86. The van der Waals surface area contributed by atoms with Crippen LogP contribution in [0.2, 0.25) is 0 Å². The van der Waals surface area contributed by atoms with E-state index in [0.29, 0.717) is 18.5 Å². The number of nitrogens with two attached hydrogens (primary N) is 1. The van der Waals surface area contributed by atoms with Crippen molar-refractivity contribution in [3.05, 3.63) is 65.2 Å². The summed E-state index contributed by atoms with van der Waals surface area (Å²) in [4.78, 5) is 25.8. The first-order valence-electron chi connectivity index (χ1n) is 7.91. The Balaban J connectivity index is 1.86. The van der Waals surface area contributed by atoms with Gasteiger partial charge in [-0.3, -0.25) is 9.59 Å². The van der Waals surface area contributed by atoms with Crippen LogP contribution in [0.1, 0.15) is 40.4 Å². The molecule has 0 radical (unpaired) electrons. The Morgan fingerprint density at radius 2 is 1.88 bits per heavy atom. The standard InChI is InChI=1S/C19H20N2O3/c1-24-14-8-6-13(7-9-14)12-21-17(10-11-18(20)22)15-4-2-3-5-16(15)19(21)23/h2-9,17H,10-12H2,1H3,(H2,20,22). The molecule has 124 valence electrons. The summed E-state index contributed by atoms with van der Waals surface area (Å²) in [6, 6.07) is 15.1. The molecular weight excluding hydrogens is 304 g/mol. The molecule has 5 nitrogen and oxygen atoms in total. The molecule has 0 saturated carbocycles. The Labute approximate surface area is 141 Å². The molecule has 0 spiro atoms. The van der Waals surface area contributed by atoms with E-state index < -0.39 is 0 Å². The molecule has 2 amide bonds. The minimum absolute atomic E-state index is 0.00381. The number of nitrogens with zero attached hydrogens (tertiary/aromatic N) is 1. The number of benzene rings is 2. The predicted octanol–water partition coefficient (Wildman–Crippen LogP) is 2.66. The third-order valence-corrected chi connectivity index (χ3v) is 4.36. The van der Waals surface area contributed by atoms with Crippen molar-refractivity contribution in [1.82, 2.24) is 4.90 Å². The van der Waals surface area contributed by atoms with E-state index in [1.54, 1.807) is 7.11 Å². The molecule has 0 fully saturated rings. The van der Waals surface area contributed by atoms with E-state index >= 15 is 0 Å². The van der Waals surface area contributed by atoms with Gasteiger partial charge < -0.3 is 15.4 Å². The molecule has 3 rings (SSSR count). The van der Waals surface area contributed by atoms with Gasteiger partial charge in [0.2, 0.25) is 5.91 Å². The van der Waals surface area contributed by atoms with E-state index in [1.807, 2.05) is 53.4 Å². The molecular formula is C19H20N2O3. The summed E-state index contributed by atoms with van der Waals surface area (Å²) in [7, 11) is 1.62. The molecule has 1 atom stereocenters. The Kier molecular flexibility index (Phi) is 4.51. The first-order valence-corrected chi connectivity index (χ1v) is 7.91. The van der Waals surface area contributed by atoms with Gasteiger partial charge in [-0.1, -0.05) is 30.3 Å². The Bertz CT molecular complexity index is 755. The maximum atomic E-state index is 12.8. The van der Waals surface area contributed by atoms with Crippen molar-refractivity contribution in [1.29, 1.82) is 0 Å². The minimum atomic E-state index is -0.351. The fourth-order valence-electron chi connectivity index (χ4n) is 3.15. The number of carbonyl (C=O) groups is 2. The average molecular weight is 324 g/mol. The maximum absolute atomic E-state index is 12.8. The van der Waals surface area contributed by atoms with Crippen LogP contribution < -0.4 is 10.5 Å². The first kappa shape index (κ1) is 16.1. The summed E-state index contributed by atoms with van der Waals surface area (Å²) in [6.07, 6.45) is 0.791. The van der Waals surface area contributed by atoms with E-state index in [0.717, 1.165) is 16.9 Å². The molecule has 1 aliphatic heterocycles. The highest BCUT2D eigenvalue weighted by Gasteiger charge is 2.36. The molecule has 1 aliphatic rings. The highest BCUT2D eigenvalue weighted by atomic mass is 16.5. The number of carbonyl (C=O) groups excluding carboxylic acids is 2. The SMILES string of the molecule is COc1ccc(CN2C(=O)c3ccccc3C2CCC(N)=O)cc1. The van der Waals surface area contributed by atoms with Crippen LogP contribution in [0.3, 0.4) is 0 Å². The van der Waals surface area contributed by atoms with Crippen LogP contribution in [0.25, 0.3) is 0 Å². The molecule has 24 heavy (non-hydrogen) atoms. The number of primary amides is 1. The van der Waals surface area contributed by atoms with Crippen molar-refractivity contribution in [2.75, 3.05) is 7.11 Å². The third kappa shape index (κ3) is 3.11. The van der Waals surface area contributed by atoms with Crippen molar-refractivity contribution in [2.45, 2.75) is 25.4 Å². The van der Waals surface area contributed by atoms with E-state index in [9.17, 15) is 9.59 Å². The summed E-state index contributed by atoms with van der Waals surface area (Å²) in [5, 5.41) is 0. The smallest absolute Gasteiger partial charge is 0.255 e. The minimum Gasteiger partial charge on any atom is -0.497 e. The van der Waals surface area contributed by atoms with E-state index in [4.69, 9.17) is 10.5 Å². The highest BCUT2D eigenvalue weighted by molar-refractivity contribution is 5.99. The molecule has 2 aromatic rings. The monoisotopic (exact) mass is 324 g/mol. The van der Waals surface area contributed by atoms with E-state index in [1.165, 1.54) is 0 Å². The van der Waals surface area contributed by atoms with Crippen LogP contribution >= 0.6 is 0 Å². The molecule has 1 unspecified atom stereocenters. The van der Waals surface area contributed by atoms with Gasteiger partial charge in [0.25, 0.3) is 5.91 Å². The number of hydrogen-bond donors (Lipinski definition) is 1. The predicted molar refractivity (Wildman–Crippen MR) is 90.5 cm³/mol. The van der Waals surface area contributed by atoms with Crippen molar-refractivity contribution in [3.8, 4) is 5.75 Å². The van der Waals surface area contributed by atoms with Crippen LogP contribution in [-0.4, -0.2) is 23.8 Å². The van der Waals surface area contributed by atoms with Crippen molar-refractivity contribution < 1.29 is 14.3 Å². The highest BCUT2D eigenvalue weighted by Crippen LogP contribution is 2.37. The lowest BCUT2D eigenvalue weighted by Gasteiger charge is -2.25. The van der Waals surface area contributed by atoms with Gasteiger partial charge in [-0.15, -0.1) is 0 Å². The molecule has 1 heterocycles. The van der Waals surface area contributed by atoms with Crippen molar-refractivity contribution in [2.24, 2.45) is 5.73 Å². The zero-order chi connectivity index (χ0) is 17.1. The second kappa shape index (κ2) is 6.74. The van der Waals surface area contributed by atoms with Gasteiger partial charge in [-0.2, -0.15) is 0 Å². The van der Waals surface area contributed by atoms with Crippen LogP contribution in [0.5, 0.6) is 5.75 Å². The fourth-order valence-corrected chi connectivity index (χ4v) is 3.15. The number of fused-ring (bicyclic) bond motifs is 1. The van der Waals surface area contributed by atoms with Crippen LogP contribution in [0, 0.1) is 0 Å². The van der Waals surface area contributed by atoms with Gasteiger partial charge in [0, 0.05) is 18.5 Å². The van der Waals surface area contributed by atoms with Gasteiger partial charge in [0.15, 0.2) is 0 Å². The number of ether oxygens (including phenoxy) is 1. The summed E-state index contributed by atoms with van der Waals surface area (Å²) in [6.45, 7) is 0.487. The Hall–Kier alpha value is -2.82. The molecule has 0 bridgehead atoms. The summed E-state index contributed by atoms with van der Waals surface area (Å²) < 4.78 is 5.17. The van der Waals surface area contributed by atoms with Crippen LogP contribution in [0.4, 0.5) is 0 Å². The van der Waals surface area contributed by atoms with E-state index in [-0.39, 0.29) is 24.3 Å². The second-order valence-electron chi connectivity index (χ2n) is 5.89. The van der Waals surface area contributed by atoms with Crippen LogP contribution in [-0.2, 0) is 11.3 Å². The Morgan fingerprint density at radius 3 is 2.54 bits per heavy atom. The van der Waals surface area contributed by atoms with Gasteiger partial charge in [0.1, 0.15) is 5.75 Å². The van der Waals surface area contributed by atoms with Gasteiger partial charge in [0.05, 0.1) is 13.2 Å². The summed E-state index contributed by atoms with van der Waals surface area (Å²) >= 11 is 0. The normalized spacial score (nSPS) is 16.1. The first-order chi connectivity index (χ1) is 11.6. The van der Waals surface area contributed by atoms with Crippen LogP contribution in [0.15, 0.2) is 48.5 Å². The number of methoxy groups -OCH3 is 1. The van der Waals surface area contributed by atoms with Gasteiger partial charge in [-0.05, 0) is 35.7 Å². The number of amides is 2. The zero-order valence-corrected chi connectivity index (χ0v) is 13.6. The molecule has 0 saturated heterocycles. The third-order valence-electron chi connectivity index (χ3n) is 4.36. The lowest BCUT2D eigenvalue weighted by Crippen LogP contribution is -2.28. The van der Waals surface area contributed by atoms with E-state index in [2.05, 4.69) is 0 Å². The maximum Gasteiger partial charge on any atom is 0.255 e. The lowest BCUT2D eigenvalue weighted by atomic mass is 10.0. The van der Waals surface area contributed by atoms with Crippen molar-refractivity contribution in [3.63, 3.8) is 0 Å². The molecule has 0 aromatic heterocycles. The second-order valence-corrected chi connectivity index (χ2v) is 5.89. The van der Waals surface area contributed by atoms with Crippen molar-refractivity contribution >= 4 is 11.8 Å². The quantitative estimate of drug-likeness (QED) is 0.888. The van der Waals surface area contributed by atoms with Gasteiger partial charge >= 0.3 is 0 Å². The number of hydrogen-bond acceptors (Lipinski definition) is 3. The Morgan fingerprint density at radius 1 is 1.17 bits per heavy atom.